The van der Waals surface area contributed by atoms with E-state index >= 15 is 0 Å². The van der Waals surface area contributed by atoms with Crippen molar-refractivity contribution in [3.8, 4) is 0 Å². The molecule has 0 aliphatic heterocycles. The molecule has 0 spiro atoms. The highest BCUT2D eigenvalue weighted by atomic mass is 15.0. The Balaban J connectivity index is 2.76. The smallest absolute Gasteiger partial charge is 0.0880 e. The van der Waals surface area contributed by atoms with Gasteiger partial charge in [-0.3, -0.25) is 4.98 Å². The molecule has 0 fully saturated rings. The summed E-state index contributed by atoms with van der Waals surface area (Å²) in [6.07, 6.45) is 3.89. The molecule has 11 heavy (non-hydrogen) atoms. The van der Waals surface area contributed by atoms with Crippen LogP contribution in [0.1, 0.15) is 6.92 Å². The Kier molecular flexibility index (Phi) is 1.39. The molecule has 2 aromatic rings. The standard InChI is InChI=1S/C9H10N2/c1-2-11-7-5-8-9(11)4-3-6-10-8/h3-7H,2H2,1H3. The van der Waals surface area contributed by atoms with E-state index in [4.69, 9.17) is 0 Å². The molecule has 0 unspecified atom stereocenters. The normalized spacial score (nSPS) is 10.6. The fraction of sp³-hybridized carbons (Fsp3) is 0.222. The Hall–Kier alpha value is -1.31. The molecule has 0 saturated carbocycles. The number of fused-ring (bicyclic) bond motifs is 1. The summed E-state index contributed by atoms with van der Waals surface area (Å²) in [5, 5.41) is 0. The number of nitrogens with zero attached hydrogens (tertiary/aromatic N) is 2. The van der Waals surface area contributed by atoms with Gasteiger partial charge in [-0.05, 0) is 25.1 Å². The largest absolute Gasteiger partial charge is 0.346 e. The molecular formula is C9H10N2. The van der Waals surface area contributed by atoms with Crippen molar-refractivity contribution in [2.75, 3.05) is 0 Å². The second kappa shape index (κ2) is 2.38. The van der Waals surface area contributed by atoms with Crippen LogP contribution in [0, 0.1) is 0 Å². The van der Waals surface area contributed by atoms with Crippen molar-refractivity contribution < 1.29 is 0 Å². The van der Waals surface area contributed by atoms with E-state index in [1.807, 2.05) is 18.3 Å². The summed E-state index contributed by atoms with van der Waals surface area (Å²) in [7, 11) is 0. The molecule has 2 rings (SSSR count). The number of hydrogen-bond donors (Lipinski definition) is 0. The number of pyridine rings is 1. The van der Waals surface area contributed by atoms with Gasteiger partial charge in [0, 0.05) is 18.9 Å². The van der Waals surface area contributed by atoms with Gasteiger partial charge >= 0.3 is 0 Å². The molecule has 0 atom stereocenters. The van der Waals surface area contributed by atoms with Crippen LogP contribution in [0.3, 0.4) is 0 Å². The predicted octanol–water partition coefficient (Wildman–Crippen LogP) is 2.06. The molecule has 0 aromatic carbocycles. The molecule has 0 aliphatic rings. The Morgan fingerprint density at radius 2 is 2.36 bits per heavy atom. The molecule has 2 nitrogen and oxygen atoms in total. The average Bonchev–Trinajstić information content (AvgIpc) is 2.47. The number of hydrogen-bond acceptors (Lipinski definition) is 1. The van der Waals surface area contributed by atoms with Crippen LogP contribution in [0.5, 0.6) is 0 Å². The summed E-state index contributed by atoms with van der Waals surface area (Å²) < 4.78 is 2.18. The molecule has 2 aromatic heterocycles. The third kappa shape index (κ3) is 0.909. The lowest BCUT2D eigenvalue weighted by Gasteiger charge is -1.97. The summed E-state index contributed by atoms with van der Waals surface area (Å²) in [5.74, 6) is 0. The van der Waals surface area contributed by atoms with Crippen molar-refractivity contribution >= 4 is 11.0 Å². The molecule has 0 N–H and O–H groups in total. The van der Waals surface area contributed by atoms with Crippen LogP contribution < -0.4 is 0 Å². The molecule has 0 bridgehead atoms. The van der Waals surface area contributed by atoms with Crippen molar-refractivity contribution in [3.63, 3.8) is 0 Å². The minimum Gasteiger partial charge on any atom is -0.346 e. The fourth-order valence-corrected chi connectivity index (χ4v) is 1.30. The van der Waals surface area contributed by atoms with Gasteiger partial charge in [-0.1, -0.05) is 0 Å². The van der Waals surface area contributed by atoms with Gasteiger partial charge < -0.3 is 4.57 Å². The van der Waals surface area contributed by atoms with Crippen LogP contribution in [-0.2, 0) is 6.54 Å². The molecular weight excluding hydrogens is 136 g/mol. The third-order valence-corrected chi connectivity index (χ3v) is 1.88. The molecule has 0 radical (unpaired) electrons. The Labute approximate surface area is 65.5 Å². The Morgan fingerprint density at radius 3 is 3.18 bits per heavy atom. The second-order valence-corrected chi connectivity index (χ2v) is 2.51. The molecule has 0 aliphatic carbocycles. The van der Waals surface area contributed by atoms with Gasteiger partial charge in [-0.2, -0.15) is 0 Å². The average molecular weight is 146 g/mol. The molecule has 2 heterocycles. The van der Waals surface area contributed by atoms with Crippen molar-refractivity contribution in [3.05, 3.63) is 30.6 Å². The van der Waals surface area contributed by atoms with Gasteiger partial charge in [-0.25, -0.2) is 0 Å². The fourth-order valence-electron chi connectivity index (χ4n) is 1.30. The minimum absolute atomic E-state index is 1.01. The molecule has 2 heteroatoms. The van der Waals surface area contributed by atoms with E-state index < -0.39 is 0 Å². The van der Waals surface area contributed by atoms with Gasteiger partial charge in [0.2, 0.25) is 0 Å². The summed E-state index contributed by atoms with van der Waals surface area (Å²) in [6, 6.07) is 6.10. The second-order valence-electron chi connectivity index (χ2n) is 2.51. The highest BCUT2D eigenvalue weighted by Crippen LogP contribution is 2.11. The van der Waals surface area contributed by atoms with Crippen LogP contribution in [0.2, 0.25) is 0 Å². The molecule has 0 amide bonds. The third-order valence-electron chi connectivity index (χ3n) is 1.88. The van der Waals surface area contributed by atoms with Gasteiger partial charge in [0.05, 0.1) is 11.0 Å². The summed E-state index contributed by atoms with van der Waals surface area (Å²) in [6.45, 7) is 3.14. The van der Waals surface area contributed by atoms with E-state index in [0.717, 1.165) is 12.1 Å². The Morgan fingerprint density at radius 1 is 1.45 bits per heavy atom. The summed E-state index contributed by atoms with van der Waals surface area (Å²) in [4.78, 5) is 4.23. The Bertz CT molecular complexity index is 362. The summed E-state index contributed by atoms with van der Waals surface area (Å²) in [5.41, 5.74) is 2.30. The SMILES string of the molecule is CCn1ccc2ncccc21. The minimum atomic E-state index is 1.01. The summed E-state index contributed by atoms with van der Waals surface area (Å²) >= 11 is 0. The van der Waals surface area contributed by atoms with E-state index in [2.05, 4.69) is 28.7 Å². The first-order chi connectivity index (χ1) is 5.42. The maximum absolute atomic E-state index is 4.23. The van der Waals surface area contributed by atoms with Gasteiger partial charge in [0.15, 0.2) is 0 Å². The van der Waals surface area contributed by atoms with E-state index in [-0.39, 0.29) is 0 Å². The monoisotopic (exact) mass is 146 g/mol. The van der Waals surface area contributed by atoms with Crippen molar-refractivity contribution in [1.29, 1.82) is 0 Å². The van der Waals surface area contributed by atoms with Crippen molar-refractivity contribution in [1.82, 2.24) is 9.55 Å². The van der Waals surface area contributed by atoms with E-state index in [0.29, 0.717) is 0 Å². The van der Waals surface area contributed by atoms with Crippen LogP contribution >= 0.6 is 0 Å². The first-order valence-corrected chi connectivity index (χ1v) is 3.81. The van der Waals surface area contributed by atoms with E-state index in [1.54, 1.807) is 0 Å². The number of rotatable bonds is 1. The lowest BCUT2D eigenvalue weighted by Crippen LogP contribution is -1.89. The maximum atomic E-state index is 4.23. The quantitative estimate of drug-likeness (QED) is 0.602. The zero-order valence-corrected chi connectivity index (χ0v) is 6.49. The van der Waals surface area contributed by atoms with Crippen LogP contribution in [0.25, 0.3) is 11.0 Å². The van der Waals surface area contributed by atoms with Gasteiger partial charge in [0.1, 0.15) is 0 Å². The molecule has 0 saturated heterocycles. The van der Waals surface area contributed by atoms with Gasteiger partial charge in [0.25, 0.3) is 0 Å². The topological polar surface area (TPSA) is 17.8 Å². The zero-order chi connectivity index (χ0) is 7.68. The van der Waals surface area contributed by atoms with Crippen LogP contribution in [0.15, 0.2) is 30.6 Å². The number of aryl methyl sites for hydroxylation is 1. The molecule has 56 valence electrons. The van der Waals surface area contributed by atoms with Crippen molar-refractivity contribution in [2.24, 2.45) is 0 Å². The predicted molar refractivity (Wildman–Crippen MR) is 45.4 cm³/mol. The highest BCUT2D eigenvalue weighted by molar-refractivity contribution is 5.75. The van der Waals surface area contributed by atoms with Crippen molar-refractivity contribution in [2.45, 2.75) is 13.5 Å². The first-order valence-electron chi connectivity index (χ1n) is 3.81. The maximum Gasteiger partial charge on any atom is 0.0880 e. The highest BCUT2D eigenvalue weighted by Gasteiger charge is 1.96. The van der Waals surface area contributed by atoms with Gasteiger partial charge in [-0.15, -0.1) is 0 Å². The lowest BCUT2D eigenvalue weighted by atomic mass is 10.4. The zero-order valence-electron chi connectivity index (χ0n) is 6.49. The van der Waals surface area contributed by atoms with E-state index in [1.165, 1.54) is 5.52 Å². The lowest BCUT2D eigenvalue weighted by molar-refractivity contribution is 0.797. The van der Waals surface area contributed by atoms with E-state index in [9.17, 15) is 0 Å². The number of aromatic nitrogens is 2. The van der Waals surface area contributed by atoms with Crippen LogP contribution in [-0.4, -0.2) is 9.55 Å². The van der Waals surface area contributed by atoms with Crippen LogP contribution in [0.4, 0.5) is 0 Å². The first kappa shape index (κ1) is 6.40.